The third-order valence-corrected chi connectivity index (χ3v) is 6.48. The van der Waals surface area contributed by atoms with Crippen LogP contribution in [0.4, 0.5) is 5.13 Å². The SMILES string of the molecule is CC1(C)[C@@]2(C(=O)Nc3nccs3)CC[C@@]1(C)C(=O)C2. The molecule has 0 saturated heterocycles. The average Bonchev–Trinajstić information content (AvgIpc) is 2.94. The third-order valence-electron chi connectivity index (χ3n) is 5.79. The Balaban J connectivity index is 1.96. The van der Waals surface area contributed by atoms with Crippen LogP contribution in [0.1, 0.15) is 40.0 Å². The zero-order valence-corrected chi connectivity index (χ0v) is 12.3. The van der Waals surface area contributed by atoms with E-state index >= 15 is 0 Å². The van der Waals surface area contributed by atoms with Gasteiger partial charge in [-0.25, -0.2) is 4.98 Å². The maximum atomic E-state index is 12.7. The molecule has 2 aliphatic carbocycles. The van der Waals surface area contributed by atoms with E-state index in [1.807, 2.05) is 12.3 Å². The summed E-state index contributed by atoms with van der Waals surface area (Å²) in [6.45, 7) is 6.14. The lowest BCUT2D eigenvalue weighted by molar-refractivity contribution is -0.131. The van der Waals surface area contributed by atoms with E-state index < -0.39 is 5.41 Å². The molecule has 5 heteroatoms. The third kappa shape index (κ3) is 1.37. The van der Waals surface area contributed by atoms with Crippen LogP contribution < -0.4 is 5.32 Å². The number of Topliss-reactive ketones (excluding diaryl/α,β-unsaturated/α-hetero) is 1. The molecule has 0 aliphatic heterocycles. The lowest BCUT2D eigenvalue weighted by Crippen LogP contribution is -2.43. The number of aromatic nitrogens is 1. The predicted molar refractivity (Wildman–Crippen MR) is 73.9 cm³/mol. The second kappa shape index (κ2) is 3.66. The molecule has 2 aliphatic rings. The van der Waals surface area contributed by atoms with E-state index in [2.05, 4.69) is 24.1 Å². The maximum Gasteiger partial charge on any atom is 0.233 e. The Labute approximate surface area is 116 Å². The summed E-state index contributed by atoms with van der Waals surface area (Å²) in [5.41, 5.74) is -1.21. The lowest BCUT2D eigenvalue weighted by Gasteiger charge is -2.38. The zero-order valence-electron chi connectivity index (χ0n) is 11.4. The summed E-state index contributed by atoms with van der Waals surface area (Å²) in [6.07, 6.45) is 3.64. The highest BCUT2D eigenvalue weighted by Crippen LogP contribution is 2.70. The summed E-state index contributed by atoms with van der Waals surface area (Å²) in [4.78, 5) is 29.1. The predicted octanol–water partition coefficient (Wildman–Crippen LogP) is 2.87. The molecule has 4 nitrogen and oxygen atoms in total. The molecule has 0 radical (unpaired) electrons. The molecule has 19 heavy (non-hydrogen) atoms. The van der Waals surface area contributed by atoms with E-state index in [-0.39, 0.29) is 22.5 Å². The minimum atomic E-state index is -0.565. The van der Waals surface area contributed by atoms with Crippen molar-refractivity contribution in [3.63, 3.8) is 0 Å². The van der Waals surface area contributed by atoms with Crippen LogP contribution in [0.15, 0.2) is 11.6 Å². The molecule has 2 bridgehead atoms. The number of thiazole rings is 1. The van der Waals surface area contributed by atoms with Crippen LogP contribution in [0, 0.1) is 16.2 Å². The van der Waals surface area contributed by atoms with Crippen molar-refractivity contribution in [2.45, 2.75) is 40.0 Å². The smallest absolute Gasteiger partial charge is 0.233 e. The number of ketones is 1. The lowest BCUT2D eigenvalue weighted by atomic mass is 9.64. The van der Waals surface area contributed by atoms with Crippen molar-refractivity contribution < 1.29 is 9.59 Å². The van der Waals surface area contributed by atoms with Gasteiger partial charge in [0.1, 0.15) is 5.78 Å². The van der Waals surface area contributed by atoms with Gasteiger partial charge in [-0.3, -0.25) is 9.59 Å². The van der Waals surface area contributed by atoms with Crippen molar-refractivity contribution in [1.82, 2.24) is 4.98 Å². The molecule has 2 fully saturated rings. The fraction of sp³-hybridized carbons (Fsp3) is 0.643. The number of carbonyl (C=O) groups is 2. The van der Waals surface area contributed by atoms with Crippen LogP contribution in [0.3, 0.4) is 0 Å². The van der Waals surface area contributed by atoms with E-state index in [0.717, 1.165) is 12.8 Å². The number of nitrogens with one attached hydrogen (secondary N) is 1. The number of rotatable bonds is 2. The first kappa shape index (κ1) is 12.8. The van der Waals surface area contributed by atoms with Crippen molar-refractivity contribution in [1.29, 1.82) is 0 Å². The maximum absolute atomic E-state index is 12.7. The number of nitrogens with zero attached hydrogens (tertiary/aromatic N) is 1. The fourth-order valence-corrected chi connectivity index (χ4v) is 4.39. The molecule has 1 amide bonds. The van der Waals surface area contributed by atoms with Gasteiger partial charge in [0, 0.05) is 23.4 Å². The largest absolute Gasteiger partial charge is 0.301 e. The van der Waals surface area contributed by atoms with Crippen LogP contribution in [-0.2, 0) is 9.59 Å². The van der Waals surface area contributed by atoms with E-state index in [1.165, 1.54) is 11.3 Å². The summed E-state index contributed by atoms with van der Waals surface area (Å²) in [7, 11) is 0. The van der Waals surface area contributed by atoms with Gasteiger partial charge in [-0.15, -0.1) is 11.3 Å². The van der Waals surface area contributed by atoms with Gasteiger partial charge in [-0.2, -0.15) is 0 Å². The van der Waals surface area contributed by atoms with Crippen molar-refractivity contribution in [3.8, 4) is 0 Å². The van der Waals surface area contributed by atoms with E-state index in [0.29, 0.717) is 11.6 Å². The second-order valence-electron chi connectivity index (χ2n) is 6.43. The first-order valence-corrected chi connectivity index (χ1v) is 7.46. The second-order valence-corrected chi connectivity index (χ2v) is 7.33. The fourth-order valence-electron chi connectivity index (χ4n) is 3.86. The Bertz CT molecular complexity index is 552. The first-order valence-electron chi connectivity index (χ1n) is 6.58. The first-order chi connectivity index (χ1) is 8.83. The summed E-state index contributed by atoms with van der Waals surface area (Å²) >= 11 is 1.40. The molecule has 1 aromatic heterocycles. The standard InChI is InChI=1S/C14H18N2O2S/c1-12(2)13(3)4-5-14(12,8-9(13)17)10(18)16-11-15-6-7-19-11/h6-7H,4-5,8H2,1-3H3,(H,15,16,18)/t13-,14-/m0/s1. The Morgan fingerprint density at radius 1 is 1.37 bits per heavy atom. The molecule has 2 saturated carbocycles. The topological polar surface area (TPSA) is 59.1 Å². The van der Waals surface area contributed by atoms with Crippen LogP contribution in [0.5, 0.6) is 0 Å². The number of carbonyl (C=O) groups excluding carboxylic acids is 2. The number of fused-ring (bicyclic) bond motifs is 2. The quantitative estimate of drug-likeness (QED) is 0.905. The molecular weight excluding hydrogens is 260 g/mol. The van der Waals surface area contributed by atoms with Gasteiger partial charge in [0.05, 0.1) is 5.41 Å². The van der Waals surface area contributed by atoms with Gasteiger partial charge < -0.3 is 5.32 Å². The average molecular weight is 278 g/mol. The number of hydrogen-bond acceptors (Lipinski definition) is 4. The molecule has 1 N–H and O–H groups in total. The molecule has 1 aromatic rings. The zero-order chi connectivity index (χ0) is 13.9. The summed E-state index contributed by atoms with van der Waals surface area (Å²) in [5, 5.41) is 5.34. The van der Waals surface area contributed by atoms with Crippen molar-refractivity contribution in [2.24, 2.45) is 16.2 Å². The summed E-state index contributed by atoms with van der Waals surface area (Å²) < 4.78 is 0. The van der Waals surface area contributed by atoms with Crippen LogP contribution in [0.25, 0.3) is 0 Å². The molecule has 0 aromatic carbocycles. The Morgan fingerprint density at radius 3 is 2.58 bits per heavy atom. The van der Waals surface area contributed by atoms with Gasteiger partial charge >= 0.3 is 0 Å². The molecule has 2 atom stereocenters. The number of amides is 1. The minimum absolute atomic E-state index is 0.0398. The highest BCUT2D eigenvalue weighted by atomic mass is 32.1. The number of hydrogen-bond donors (Lipinski definition) is 1. The monoisotopic (exact) mass is 278 g/mol. The normalized spacial score (nSPS) is 35.6. The molecular formula is C14H18N2O2S. The summed E-state index contributed by atoms with van der Waals surface area (Å²) in [5.74, 6) is 0.195. The molecule has 0 unspecified atom stereocenters. The number of anilines is 1. The van der Waals surface area contributed by atoms with Gasteiger partial charge in [0.2, 0.25) is 5.91 Å². The van der Waals surface area contributed by atoms with Crippen LogP contribution >= 0.6 is 11.3 Å². The Morgan fingerprint density at radius 2 is 2.11 bits per heavy atom. The van der Waals surface area contributed by atoms with Crippen molar-refractivity contribution in [2.75, 3.05) is 5.32 Å². The highest BCUT2D eigenvalue weighted by molar-refractivity contribution is 7.13. The van der Waals surface area contributed by atoms with Crippen molar-refractivity contribution in [3.05, 3.63) is 11.6 Å². The van der Waals surface area contributed by atoms with Gasteiger partial charge in [0.15, 0.2) is 5.13 Å². The van der Waals surface area contributed by atoms with Crippen LogP contribution in [0.2, 0.25) is 0 Å². The highest BCUT2D eigenvalue weighted by Gasteiger charge is 2.72. The minimum Gasteiger partial charge on any atom is -0.301 e. The molecule has 0 spiro atoms. The summed E-state index contributed by atoms with van der Waals surface area (Å²) in [6, 6.07) is 0. The van der Waals surface area contributed by atoms with Crippen molar-refractivity contribution >= 4 is 28.2 Å². The van der Waals surface area contributed by atoms with Gasteiger partial charge in [-0.1, -0.05) is 20.8 Å². The molecule has 3 rings (SSSR count). The Hall–Kier alpha value is -1.23. The van der Waals surface area contributed by atoms with E-state index in [4.69, 9.17) is 0 Å². The Kier molecular flexibility index (Phi) is 2.46. The van der Waals surface area contributed by atoms with E-state index in [1.54, 1.807) is 6.20 Å². The van der Waals surface area contributed by atoms with Gasteiger partial charge in [0.25, 0.3) is 0 Å². The van der Waals surface area contributed by atoms with Crippen LogP contribution in [-0.4, -0.2) is 16.7 Å². The van der Waals surface area contributed by atoms with Gasteiger partial charge in [-0.05, 0) is 18.3 Å². The molecule has 102 valence electrons. The molecule has 1 heterocycles. The van der Waals surface area contributed by atoms with E-state index in [9.17, 15) is 9.59 Å².